The molecule has 0 aliphatic heterocycles. The molecule has 0 radical (unpaired) electrons. The normalized spacial score (nSPS) is 12.0. The van der Waals surface area contributed by atoms with Crippen LogP contribution in [0.3, 0.4) is 0 Å². The number of carbonyl (C=O) groups is 1. The number of benzene rings is 2. The van der Waals surface area contributed by atoms with Crippen molar-refractivity contribution in [3.63, 3.8) is 0 Å². The number of nitro benzene ring substituents is 1. The van der Waals surface area contributed by atoms with Crippen LogP contribution in [0.5, 0.6) is 0 Å². The highest BCUT2D eigenvalue weighted by Gasteiger charge is 2.35. The summed E-state index contributed by atoms with van der Waals surface area (Å²) in [5.41, 5.74) is 0.181. The van der Waals surface area contributed by atoms with Crippen LogP contribution in [0.1, 0.15) is 10.4 Å². The van der Waals surface area contributed by atoms with Gasteiger partial charge in [0.1, 0.15) is 11.9 Å². The summed E-state index contributed by atoms with van der Waals surface area (Å²) in [6, 6.07) is 12.0. The van der Waals surface area contributed by atoms with Crippen molar-refractivity contribution < 1.29 is 9.72 Å². The van der Waals surface area contributed by atoms with Gasteiger partial charge in [0.05, 0.1) is 4.92 Å². The van der Waals surface area contributed by atoms with Gasteiger partial charge in [-0.2, -0.15) is 0 Å². The average Bonchev–Trinajstić information content (AvgIpc) is 2.60. The first-order valence-electron chi connectivity index (χ1n) is 7.52. The van der Waals surface area contributed by atoms with Crippen molar-refractivity contribution in [2.75, 3.05) is 5.32 Å². The molecule has 7 nitrogen and oxygen atoms in total. The van der Waals surface area contributed by atoms with Gasteiger partial charge in [0.25, 0.3) is 11.6 Å². The quantitative estimate of drug-likeness (QED) is 0.189. The Bertz CT molecular complexity index is 907. The molecule has 0 saturated heterocycles. The van der Waals surface area contributed by atoms with Gasteiger partial charge in [-0.05, 0) is 36.5 Å². The van der Waals surface area contributed by atoms with Crippen LogP contribution in [0.25, 0.3) is 0 Å². The van der Waals surface area contributed by atoms with Gasteiger partial charge >= 0.3 is 0 Å². The highest BCUT2D eigenvalue weighted by Crippen LogP contribution is 2.30. The zero-order valence-corrected chi connectivity index (χ0v) is 17.6. The summed E-state index contributed by atoms with van der Waals surface area (Å²) in [4.78, 5) is 22.9. The van der Waals surface area contributed by atoms with Gasteiger partial charge in [0.15, 0.2) is 5.11 Å². The van der Waals surface area contributed by atoms with E-state index in [9.17, 15) is 14.9 Å². The third-order valence-corrected chi connectivity index (χ3v) is 4.42. The minimum absolute atomic E-state index is 0.1000. The van der Waals surface area contributed by atoms with E-state index in [4.69, 9.17) is 58.6 Å². The fourth-order valence-electron chi connectivity index (χ4n) is 2.07. The molecular weight excluding hydrogens is 470 g/mol. The van der Waals surface area contributed by atoms with Crippen molar-refractivity contribution in [1.82, 2.24) is 10.6 Å². The van der Waals surface area contributed by atoms with Gasteiger partial charge in [0.2, 0.25) is 3.79 Å². The molecule has 2 rings (SSSR count). The summed E-state index contributed by atoms with van der Waals surface area (Å²) in [5.74, 6) is -0.570. The van der Waals surface area contributed by atoms with Gasteiger partial charge < -0.3 is 16.0 Å². The predicted molar refractivity (Wildman–Crippen MR) is 115 cm³/mol. The van der Waals surface area contributed by atoms with E-state index in [1.165, 1.54) is 30.3 Å². The number of thiocarbonyl (C=S) groups is 1. The lowest BCUT2D eigenvalue weighted by Gasteiger charge is -2.27. The number of nitro groups is 1. The maximum Gasteiger partial charge on any atom is 0.292 e. The number of para-hydroxylation sites is 2. The first-order valence-corrected chi connectivity index (χ1v) is 9.44. The molecule has 2 aromatic carbocycles. The van der Waals surface area contributed by atoms with Gasteiger partial charge in [-0.1, -0.05) is 64.6 Å². The second-order valence-electron chi connectivity index (χ2n) is 5.33. The van der Waals surface area contributed by atoms with E-state index in [0.29, 0.717) is 5.02 Å². The first-order chi connectivity index (χ1) is 13.1. The van der Waals surface area contributed by atoms with Crippen molar-refractivity contribution in [2.24, 2.45) is 0 Å². The van der Waals surface area contributed by atoms with Crippen molar-refractivity contribution in [3.05, 3.63) is 69.2 Å². The first kappa shape index (κ1) is 22.4. The molecule has 28 heavy (non-hydrogen) atoms. The fraction of sp³-hybridized carbons (Fsp3) is 0.125. The van der Waals surface area contributed by atoms with Crippen LogP contribution in [0.4, 0.5) is 11.4 Å². The van der Waals surface area contributed by atoms with Crippen LogP contribution >= 0.6 is 58.6 Å². The van der Waals surface area contributed by atoms with E-state index in [0.717, 1.165) is 0 Å². The minimum Gasteiger partial charge on any atom is -0.339 e. The van der Waals surface area contributed by atoms with Gasteiger partial charge in [-0.15, -0.1) is 0 Å². The molecular formula is C16H12Cl4N4O3S. The molecule has 0 fully saturated rings. The molecule has 148 valence electrons. The van der Waals surface area contributed by atoms with E-state index < -0.39 is 20.8 Å². The lowest BCUT2D eigenvalue weighted by molar-refractivity contribution is -0.383. The number of amides is 1. The molecule has 0 saturated carbocycles. The van der Waals surface area contributed by atoms with E-state index >= 15 is 0 Å². The van der Waals surface area contributed by atoms with E-state index in [1.807, 2.05) is 0 Å². The summed E-state index contributed by atoms with van der Waals surface area (Å²) in [6.45, 7) is 0. The van der Waals surface area contributed by atoms with E-state index in [1.54, 1.807) is 18.2 Å². The lowest BCUT2D eigenvalue weighted by Crippen LogP contribution is -2.56. The van der Waals surface area contributed by atoms with Crippen LogP contribution in [0.2, 0.25) is 5.02 Å². The molecule has 0 aromatic heterocycles. The molecule has 12 heteroatoms. The number of carbonyl (C=O) groups excluding carboxylic acids is 1. The Morgan fingerprint density at radius 2 is 1.79 bits per heavy atom. The highest BCUT2D eigenvalue weighted by atomic mass is 35.6. The molecule has 0 aliphatic rings. The summed E-state index contributed by atoms with van der Waals surface area (Å²) in [5, 5.41) is 19.1. The van der Waals surface area contributed by atoms with E-state index in [-0.39, 0.29) is 22.1 Å². The Hall–Kier alpha value is -1.84. The summed E-state index contributed by atoms with van der Waals surface area (Å²) in [6.07, 6.45) is -1.24. The van der Waals surface area contributed by atoms with Gasteiger partial charge in [-0.25, -0.2) is 0 Å². The lowest BCUT2D eigenvalue weighted by atomic mass is 10.2. The van der Waals surface area contributed by atoms with Crippen LogP contribution in [-0.4, -0.2) is 25.9 Å². The monoisotopic (exact) mass is 480 g/mol. The third kappa shape index (κ3) is 6.35. The molecule has 0 bridgehead atoms. The number of nitrogens with zero attached hydrogens (tertiary/aromatic N) is 1. The Morgan fingerprint density at radius 1 is 1.11 bits per heavy atom. The maximum atomic E-state index is 12.4. The SMILES string of the molecule is O=C(N[C@@H](NC(=S)Nc1ccccc1[N+](=O)[O-])C(Cl)(Cl)Cl)c1cccc(Cl)c1. The average molecular weight is 482 g/mol. The number of halogens is 4. The number of rotatable bonds is 5. The second kappa shape index (κ2) is 9.58. The summed E-state index contributed by atoms with van der Waals surface area (Å²) in [7, 11) is 0. The molecule has 0 spiro atoms. The minimum atomic E-state index is -1.98. The predicted octanol–water partition coefficient (Wildman–Crippen LogP) is 4.66. The molecule has 2 aromatic rings. The zero-order chi connectivity index (χ0) is 20.9. The standard InChI is InChI=1S/C16H12Cl4N4O3S/c17-10-5-3-4-9(8-10)13(25)22-14(16(18,19)20)23-15(28)21-11-6-1-2-7-12(11)24(26)27/h1-8,14H,(H,22,25)(H2,21,23,28)/t14-/m0/s1. The van der Waals surface area contributed by atoms with Crippen LogP contribution in [0.15, 0.2) is 48.5 Å². The summed E-state index contributed by atoms with van der Waals surface area (Å²) < 4.78 is -1.98. The number of nitrogens with one attached hydrogen (secondary N) is 3. The molecule has 3 N–H and O–H groups in total. The Balaban J connectivity index is 2.13. The third-order valence-electron chi connectivity index (χ3n) is 3.31. The van der Waals surface area contributed by atoms with Gasteiger partial charge in [0, 0.05) is 16.7 Å². The zero-order valence-electron chi connectivity index (χ0n) is 13.8. The highest BCUT2D eigenvalue weighted by molar-refractivity contribution is 7.80. The van der Waals surface area contributed by atoms with Crippen molar-refractivity contribution in [3.8, 4) is 0 Å². The molecule has 1 atom stereocenters. The Morgan fingerprint density at radius 3 is 2.39 bits per heavy atom. The van der Waals surface area contributed by atoms with Crippen molar-refractivity contribution in [1.29, 1.82) is 0 Å². The topological polar surface area (TPSA) is 96.3 Å². The largest absolute Gasteiger partial charge is 0.339 e. The smallest absolute Gasteiger partial charge is 0.292 e. The number of alkyl halides is 3. The van der Waals surface area contributed by atoms with Crippen LogP contribution < -0.4 is 16.0 Å². The van der Waals surface area contributed by atoms with Crippen LogP contribution in [0, 0.1) is 10.1 Å². The Kier molecular flexibility index (Phi) is 7.68. The summed E-state index contributed by atoms with van der Waals surface area (Å²) >= 11 is 28.8. The number of hydrogen-bond donors (Lipinski definition) is 3. The molecule has 0 heterocycles. The van der Waals surface area contributed by atoms with Crippen molar-refractivity contribution >= 4 is 81.0 Å². The van der Waals surface area contributed by atoms with Crippen molar-refractivity contribution in [2.45, 2.75) is 9.96 Å². The number of anilines is 1. The Labute approximate surface area is 185 Å². The molecule has 1 amide bonds. The fourth-order valence-corrected chi connectivity index (χ4v) is 2.82. The molecule has 0 unspecified atom stereocenters. The van der Waals surface area contributed by atoms with E-state index in [2.05, 4.69) is 16.0 Å². The molecule has 0 aliphatic carbocycles. The second-order valence-corrected chi connectivity index (χ2v) is 8.54. The number of hydrogen-bond acceptors (Lipinski definition) is 4. The van der Waals surface area contributed by atoms with Crippen LogP contribution in [-0.2, 0) is 0 Å². The maximum absolute atomic E-state index is 12.4. The van der Waals surface area contributed by atoms with Gasteiger partial charge in [-0.3, -0.25) is 14.9 Å².